The van der Waals surface area contributed by atoms with Crippen LogP contribution < -0.4 is 5.73 Å². The molecule has 1 saturated carbocycles. The fourth-order valence-corrected chi connectivity index (χ4v) is 3.19. The van der Waals surface area contributed by atoms with Crippen LogP contribution in [-0.4, -0.2) is 43.2 Å². The Kier molecular flexibility index (Phi) is 6.46. The molecule has 1 aromatic rings. The molecule has 2 aliphatic rings. The largest absolute Gasteiger partial charge is 0.378 e. The minimum Gasteiger partial charge on any atom is -0.378 e. The SMILES string of the molecule is I.NC(=NC1CC(c2ccc(F)c(Br)c2)C1)N1CCOCC1. The van der Waals surface area contributed by atoms with E-state index in [2.05, 4.69) is 25.8 Å². The lowest BCUT2D eigenvalue weighted by molar-refractivity contribution is 0.0671. The highest BCUT2D eigenvalue weighted by atomic mass is 127. The van der Waals surface area contributed by atoms with Crippen molar-refractivity contribution in [2.75, 3.05) is 26.3 Å². The van der Waals surface area contributed by atoms with Crippen LogP contribution in [0.25, 0.3) is 0 Å². The van der Waals surface area contributed by atoms with Gasteiger partial charge in [0.25, 0.3) is 0 Å². The van der Waals surface area contributed by atoms with E-state index in [4.69, 9.17) is 10.5 Å². The van der Waals surface area contributed by atoms with Crippen molar-refractivity contribution in [3.05, 3.63) is 34.1 Å². The lowest BCUT2D eigenvalue weighted by Crippen LogP contribution is -2.46. The van der Waals surface area contributed by atoms with Crippen molar-refractivity contribution < 1.29 is 9.13 Å². The number of benzene rings is 1. The zero-order chi connectivity index (χ0) is 14.8. The van der Waals surface area contributed by atoms with Gasteiger partial charge in [0.2, 0.25) is 0 Å². The molecule has 7 heteroatoms. The Morgan fingerprint density at radius 2 is 2.00 bits per heavy atom. The van der Waals surface area contributed by atoms with Crippen molar-refractivity contribution in [1.82, 2.24) is 4.90 Å². The van der Waals surface area contributed by atoms with Gasteiger partial charge in [-0.15, -0.1) is 24.0 Å². The second kappa shape index (κ2) is 7.92. The van der Waals surface area contributed by atoms with Crippen molar-refractivity contribution in [2.24, 2.45) is 10.7 Å². The first-order valence-electron chi connectivity index (χ1n) is 7.24. The topological polar surface area (TPSA) is 50.8 Å². The maximum Gasteiger partial charge on any atom is 0.191 e. The molecule has 0 unspecified atom stereocenters. The maximum absolute atomic E-state index is 13.2. The molecule has 122 valence electrons. The molecule has 1 aromatic carbocycles. The van der Waals surface area contributed by atoms with E-state index in [1.54, 1.807) is 0 Å². The number of ether oxygens (including phenoxy) is 1. The predicted molar refractivity (Wildman–Crippen MR) is 99.3 cm³/mol. The number of guanidine groups is 1. The molecule has 2 N–H and O–H groups in total. The molecule has 0 spiro atoms. The van der Waals surface area contributed by atoms with Crippen LogP contribution in [0.15, 0.2) is 27.7 Å². The van der Waals surface area contributed by atoms with E-state index in [1.165, 1.54) is 11.6 Å². The number of nitrogens with zero attached hydrogens (tertiary/aromatic N) is 2. The van der Waals surface area contributed by atoms with E-state index >= 15 is 0 Å². The summed E-state index contributed by atoms with van der Waals surface area (Å²) in [5.74, 6) is 0.861. The fraction of sp³-hybridized carbons (Fsp3) is 0.533. The van der Waals surface area contributed by atoms with Gasteiger partial charge in [-0.2, -0.15) is 0 Å². The quantitative estimate of drug-likeness (QED) is 0.399. The second-order valence-electron chi connectivity index (χ2n) is 5.58. The van der Waals surface area contributed by atoms with E-state index in [0.717, 1.165) is 25.9 Å². The zero-order valence-electron chi connectivity index (χ0n) is 12.2. The maximum atomic E-state index is 13.2. The third kappa shape index (κ3) is 4.11. The van der Waals surface area contributed by atoms with Crippen LogP contribution in [0, 0.1) is 5.82 Å². The summed E-state index contributed by atoms with van der Waals surface area (Å²) in [7, 11) is 0. The van der Waals surface area contributed by atoms with E-state index in [1.807, 2.05) is 12.1 Å². The second-order valence-corrected chi connectivity index (χ2v) is 6.44. The molecule has 1 aliphatic heterocycles. The van der Waals surface area contributed by atoms with Crippen LogP contribution in [0.2, 0.25) is 0 Å². The van der Waals surface area contributed by atoms with Gasteiger partial charge in [-0.1, -0.05) is 6.07 Å². The highest BCUT2D eigenvalue weighted by Crippen LogP contribution is 2.39. The van der Waals surface area contributed by atoms with Crippen molar-refractivity contribution in [3.8, 4) is 0 Å². The van der Waals surface area contributed by atoms with E-state index in [-0.39, 0.29) is 35.8 Å². The molecule has 0 bridgehead atoms. The van der Waals surface area contributed by atoms with Crippen LogP contribution >= 0.6 is 39.9 Å². The molecule has 3 rings (SSSR count). The molecule has 1 saturated heterocycles. The van der Waals surface area contributed by atoms with Gasteiger partial charge in [0.05, 0.1) is 23.7 Å². The minimum atomic E-state index is -0.218. The first-order valence-corrected chi connectivity index (χ1v) is 8.03. The van der Waals surface area contributed by atoms with Gasteiger partial charge < -0.3 is 15.4 Å². The van der Waals surface area contributed by atoms with Gasteiger partial charge in [-0.05, 0) is 52.4 Å². The number of halogens is 3. The van der Waals surface area contributed by atoms with Crippen molar-refractivity contribution in [2.45, 2.75) is 24.8 Å². The average molecular weight is 484 g/mol. The Morgan fingerprint density at radius 1 is 1.32 bits per heavy atom. The number of nitrogens with two attached hydrogens (primary N) is 1. The van der Waals surface area contributed by atoms with Crippen LogP contribution in [0.4, 0.5) is 4.39 Å². The summed E-state index contributed by atoms with van der Waals surface area (Å²) < 4.78 is 19.1. The third-order valence-corrected chi connectivity index (χ3v) is 4.79. The molecular formula is C15H20BrFIN3O. The molecule has 0 aromatic heterocycles. The van der Waals surface area contributed by atoms with Crippen LogP contribution in [0.1, 0.15) is 24.3 Å². The molecule has 22 heavy (non-hydrogen) atoms. The van der Waals surface area contributed by atoms with Crippen LogP contribution in [-0.2, 0) is 4.74 Å². The summed E-state index contributed by atoms with van der Waals surface area (Å²) in [6.45, 7) is 3.06. The number of morpholine rings is 1. The molecule has 1 heterocycles. The molecule has 0 amide bonds. The highest BCUT2D eigenvalue weighted by Gasteiger charge is 2.31. The summed E-state index contributed by atoms with van der Waals surface area (Å²) in [6, 6.07) is 5.51. The minimum absolute atomic E-state index is 0. The molecule has 1 aliphatic carbocycles. The Bertz CT molecular complexity index is 546. The fourth-order valence-electron chi connectivity index (χ4n) is 2.79. The van der Waals surface area contributed by atoms with Crippen LogP contribution in [0.5, 0.6) is 0 Å². The normalized spacial score (nSPS) is 25.4. The standard InChI is InChI=1S/C15H19BrFN3O.HI/c16-13-9-10(1-2-14(13)17)11-7-12(8-11)19-15(18)20-3-5-21-6-4-20;/h1-2,9,11-12H,3-8H2,(H2,18,19);1H. The lowest BCUT2D eigenvalue weighted by Gasteiger charge is -2.35. The number of rotatable bonds is 2. The number of hydrogen-bond donors (Lipinski definition) is 1. The van der Waals surface area contributed by atoms with Crippen molar-refractivity contribution in [3.63, 3.8) is 0 Å². The summed E-state index contributed by atoms with van der Waals surface area (Å²) in [6.07, 6.45) is 1.95. The zero-order valence-corrected chi connectivity index (χ0v) is 16.1. The predicted octanol–water partition coefficient (Wildman–Crippen LogP) is 3.10. The first-order chi connectivity index (χ1) is 10.1. The van der Waals surface area contributed by atoms with Gasteiger partial charge in [0.1, 0.15) is 5.82 Å². The van der Waals surface area contributed by atoms with E-state index in [9.17, 15) is 4.39 Å². The smallest absolute Gasteiger partial charge is 0.191 e. The number of aliphatic imine (C=N–C) groups is 1. The van der Waals surface area contributed by atoms with Gasteiger partial charge >= 0.3 is 0 Å². The summed E-state index contributed by atoms with van der Waals surface area (Å²) in [5.41, 5.74) is 7.22. The van der Waals surface area contributed by atoms with Gasteiger partial charge in [-0.3, -0.25) is 0 Å². The van der Waals surface area contributed by atoms with Gasteiger partial charge in [0, 0.05) is 13.1 Å². The monoisotopic (exact) mass is 483 g/mol. The van der Waals surface area contributed by atoms with E-state index in [0.29, 0.717) is 29.6 Å². The van der Waals surface area contributed by atoms with Crippen molar-refractivity contribution in [1.29, 1.82) is 0 Å². The summed E-state index contributed by atoms with van der Waals surface area (Å²) in [4.78, 5) is 6.68. The Balaban J connectivity index is 0.00000176. The number of hydrogen-bond acceptors (Lipinski definition) is 2. The average Bonchev–Trinajstić information content (AvgIpc) is 2.46. The molecule has 4 nitrogen and oxygen atoms in total. The highest BCUT2D eigenvalue weighted by molar-refractivity contribution is 14.0. The van der Waals surface area contributed by atoms with Crippen LogP contribution in [0.3, 0.4) is 0 Å². The van der Waals surface area contributed by atoms with Crippen molar-refractivity contribution >= 4 is 45.9 Å². The molecule has 0 radical (unpaired) electrons. The summed E-state index contributed by atoms with van der Waals surface area (Å²) in [5, 5.41) is 0. The van der Waals surface area contributed by atoms with Gasteiger partial charge in [-0.25, -0.2) is 9.38 Å². The first kappa shape index (κ1) is 17.9. The lowest BCUT2D eigenvalue weighted by atomic mass is 9.76. The molecule has 0 atom stereocenters. The summed E-state index contributed by atoms with van der Waals surface area (Å²) >= 11 is 3.23. The third-order valence-electron chi connectivity index (χ3n) is 4.18. The Labute approximate surface area is 155 Å². The Hall–Kier alpha value is -0.410. The Morgan fingerprint density at radius 3 is 2.64 bits per heavy atom. The molecular weight excluding hydrogens is 464 g/mol. The van der Waals surface area contributed by atoms with Gasteiger partial charge in [0.15, 0.2) is 5.96 Å². The molecule has 2 fully saturated rings. The van der Waals surface area contributed by atoms with E-state index < -0.39 is 0 Å².